The van der Waals surface area contributed by atoms with Gasteiger partial charge >= 0.3 is 6.09 Å². The summed E-state index contributed by atoms with van der Waals surface area (Å²) in [5, 5.41) is 16.1. The maximum absolute atomic E-state index is 11.5. The van der Waals surface area contributed by atoms with Crippen LogP contribution in [-0.2, 0) is 11.3 Å². The maximum Gasteiger partial charge on any atom is 0.407 e. The van der Waals surface area contributed by atoms with Gasteiger partial charge in [0.2, 0.25) is 0 Å². The molecule has 1 rings (SSSR count). The van der Waals surface area contributed by atoms with E-state index >= 15 is 0 Å². The summed E-state index contributed by atoms with van der Waals surface area (Å²) in [6.07, 6.45) is -0.447. The summed E-state index contributed by atoms with van der Waals surface area (Å²) in [5.74, 6) is 0.155. The molecule has 0 aromatic heterocycles. The number of hydrogen-bond donors (Lipinski definition) is 3. The van der Waals surface area contributed by atoms with Gasteiger partial charge < -0.3 is 20.5 Å². The van der Waals surface area contributed by atoms with Crippen molar-refractivity contribution >= 4 is 17.7 Å². The van der Waals surface area contributed by atoms with Crippen molar-refractivity contribution in [2.45, 2.75) is 45.9 Å². The summed E-state index contributed by atoms with van der Waals surface area (Å²) in [6.45, 7) is 8.20. The standard InChI is InChI=1S/C15H23ClN2O3/c1-10(8-18-14(20)21-15(2,3)4)17-9-11-12(16)6-5-7-13(11)19/h5-7,10,17,19H,8-9H2,1-4H3,(H,18,20). The molecule has 0 saturated heterocycles. The highest BCUT2D eigenvalue weighted by Crippen LogP contribution is 2.24. The third kappa shape index (κ3) is 6.69. The molecule has 0 radical (unpaired) electrons. The number of benzene rings is 1. The van der Waals surface area contributed by atoms with Crippen LogP contribution in [0.1, 0.15) is 33.3 Å². The summed E-state index contributed by atoms with van der Waals surface area (Å²) in [4.78, 5) is 11.5. The lowest BCUT2D eigenvalue weighted by atomic mass is 10.2. The Balaban J connectivity index is 2.38. The zero-order chi connectivity index (χ0) is 16.0. The number of carbonyl (C=O) groups is 1. The van der Waals surface area contributed by atoms with Gasteiger partial charge in [0.25, 0.3) is 0 Å². The number of hydrogen-bond acceptors (Lipinski definition) is 4. The SMILES string of the molecule is CC(CNC(=O)OC(C)(C)C)NCc1c(O)cccc1Cl. The van der Waals surface area contributed by atoms with Crippen molar-refractivity contribution in [3.63, 3.8) is 0 Å². The molecule has 1 aromatic carbocycles. The Kier molecular flexibility index (Phi) is 6.30. The number of ether oxygens (including phenoxy) is 1. The lowest BCUT2D eigenvalue weighted by Gasteiger charge is -2.21. The number of aromatic hydroxyl groups is 1. The Labute approximate surface area is 130 Å². The second-order valence-corrected chi connectivity index (χ2v) is 6.31. The molecule has 1 unspecified atom stereocenters. The number of amides is 1. The van der Waals surface area contributed by atoms with Crippen molar-refractivity contribution in [3.05, 3.63) is 28.8 Å². The number of phenols is 1. The Morgan fingerprint density at radius 1 is 1.43 bits per heavy atom. The van der Waals surface area contributed by atoms with Crippen molar-refractivity contribution in [2.24, 2.45) is 0 Å². The fourth-order valence-electron chi connectivity index (χ4n) is 1.62. The highest BCUT2D eigenvalue weighted by molar-refractivity contribution is 6.31. The molecule has 0 aliphatic carbocycles. The lowest BCUT2D eigenvalue weighted by Crippen LogP contribution is -2.41. The monoisotopic (exact) mass is 314 g/mol. The van der Waals surface area contributed by atoms with Crippen LogP contribution < -0.4 is 10.6 Å². The van der Waals surface area contributed by atoms with Gasteiger partial charge in [-0.1, -0.05) is 17.7 Å². The molecule has 1 atom stereocenters. The van der Waals surface area contributed by atoms with E-state index in [9.17, 15) is 9.90 Å². The molecule has 0 aliphatic rings. The highest BCUT2D eigenvalue weighted by Gasteiger charge is 2.16. The number of carbonyl (C=O) groups excluding carboxylic acids is 1. The summed E-state index contributed by atoms with van der Waals surface area (Å²) >= 11 is 6.02. The number of rotatable bonds is 5. The van der Waals surface area contributed by atoms with Gasteiger partial charge in [0.15, 0.2) is 0 Å². The summed E-state index contributed by atoms with van der Waals surface area (Å²) in [6, 6.07) is 5.01. The molecule has 3 N–H and O–H groups in total. The van der Waals surface area contributed by atoms with Gasteiger partial charge in [0.05, 0.1) is 0 Å². The molecular formula is C15H23ClN2O3. The quantitative estimate of drug-likeness (QED) is 0.781. The minimum absolute atomic E-state index is 0.00758. The fraction of sp³-hybridized carbons (Fsp3) is 0.533. The van der Waals surface area contributed by atoms with Crippen molar-refractivity contribution < 1.29 is 14.6 Å². The van der Waals surface area contributed by atoms with E-state index in [0.29, 0.717) is 23.7 Å². The third-order valence-electron chi connectivity index (χ3n) is 2.67. The number of phenolic OH excluding ortho intramolecular Hbond substituents is 1. The normalized spacial score (nSPS) is 12.8. The molecule has 0 spiro atoms. The predicted molar refractivity (Wildman–Crippen MR) is 83.7 cm³/mol. The molecule has 0 heterocycles. The van der Waals surface area contributed by atoms with Crippen LogP contribution in [0.15, 0.2) is 18.2 Å². The zero-order valence-electron chi connectivity index (χ0n) is 12.9. The van der Waals surface area contributed by atoms with Crippen molar-refractivity contribution in [1.82, 2.24) is 10.6 Å². The highest BCUT2D eigenvalue weighted by atomic mass is 35.5. The Hall–Kier alpha value is -1.46. The van der Waals surface area contributed by atoms with E-state index in [2.05, 4.69) is 10.6 Å². The molecule has 0 fully saturated rings. The summed E-state index contributed by atoms with van der Waals surface area (Å²) in [5.41, 5.74) is 0.132. The molecule has 0 bridgehead atoms. The van der Waals surface area contributed by atoms with Gasteiger partial charge in [-0.2, -0.15) is 0 Å². The first-order valence-electron chi connectivity index (χ1n) is 6.85. The van der Waals surface area contributed by atoms with Crippen LogP contribution in [0.5, 0.6) is 5.75 Å². The van der Waals surface area contributed by atoms with Crippen LogP contribution in [0.4, 0.5) is 4.79 Å². The first kappa shape index (κ1) is 17.6. The van der Waals surface area contributed by atoms with E-state index < -0.39 is 11.7 Å². The average Bonchev–Trinajstić information content (AvgIpc) is 2.33. The zero-order valence-corrected chi connectivity index (χ0v) is 13.6. The van der Waals surface area contributed by atoms with Gasteiger partial charge in [-0.25, -0.2) is 4.79 Å². The smallest absolute Gasteiger partial charge is 0.407 e. The topological polar surface area (TPSA) is 70.6 Å². The van der Waals surface area contributed by atoms with Gasteiger partial charge in [-0.3, -0.25) is 0 Å². The molecule has 1 aromatic rings. The van der Waals surface area contributed by atoms with Crippen LogP contribution in [-0.4, -0.2) is 29.4 Å². The fourth-order valence-corrected chi connectivity index (χ4v) is 1.86. The van der Waals surface area contributed by atoms with Crippen molar-refractivity contribution in [1.29, 1.82) is 0 Å². The molecule has 6 heteroatoms. The van der Waals surface area contributed by atoms with Gasteiger partial charge in [-0.05, 0) is 39.8 Å². The van der Waals surface area contributed by atoms with Crippen LogP contribution in [0.2, 0.25) is 5.02 Å². The van der Waals surface area contributed by atoms with Gasteiger partial charge in [-0.15, -0.1) is 0 Å². The summed E-state index contributed by atoms with van der Waals surface area (Å²) in [7, 11) is 0. The van der Waals surface area contributed by atoms with E-state index in [0.717, 1.165) is 0 Å². The number of alkyl carbamates (subject to hydrolysis) is 1. The maximum atomic E-state index is 11.5. The van der Waals surface area contributed by atoms with Gasteiger partial charge in [0, 0.05) is 29.7 Å². The number of halogens is 1. The van der Waals surface area contributed by atoms with Gasteiger partial charge in [0.1, 0.15) is 11.4 Å². The van der Waals surface area contributed by atoms with Crippen LogP contribution in [0, 0.1) is 0 Å². The van der Waals surface area contributed by atoms with E-state index in [4.69, 9.17) is 16.3 Å². The van der Waals surface area contributed by atoms with Crippen LogP contribution in [0.3, 0.4) is 0 Å². The molecule has 1 amide bonds. The molecule has 118 valence electrons. The van der Waals surface area contributed by atoms with E-state index in [-0.39, 0.29) is 11.8 Å². The molecule has 0 saturated carbocycles. The predicted octanol–water partition coefficient (Wildman–Crippen LogP) is 3.05. The van der Waals surface area contributed by atoms with E-state index in [1.807, 2.05) is 27.7 Å². The van der Waals surface area contributed by atoms with E-state index in [1.54, 1.807) is 18.2 Å². The average molecular weight is 315 g/mol. The first-order chi connectivity index (χ1) is 9.69. The van der Waals surface area contributed by atoms with Crippen LogP contribution in [0.25, 0.3) is 0 Å². The first-order valence-corrected chi connectivity index (χ1v) is 7.23. The van der Waals surface area contributed by atoms with Crippen molar-refractivity contribution in [2.75, 3.05) is 6.54 Å². The second kappa shape index (κ2) is 7.52. The Morgan fingerprint density at radius 2 is 2.10 bits per heavy atom. The summed E-state index contributed by atoms with van der Waals surface area (Å²) < 4.78 is 5.15. The van der Waals surface area contributed by atoms with Crippen molar-refractivity contribution in [3.8, 4) is 5.75 Å². The Morgan fingerprint density at radius 3 is 2.67 bits per heavy atom. The number of nitrogens with one attached hydrogen (secondary N) is 2. The largest absolute Gasteiger partial charge is 0.508 e. The Bertz CT molecular complexity index is 466. The van der Waals surface area contributed by atoms with E-state index in [1.165, 1.54) is 0 Å². The molecular weight excluding hydrogens is 292 g/mol. The lowest BCUT2D eigenvalue weighted by molar-refractivity contribution is 0.0523. The molecule has 21 heavy (non-hydrogen) atoms. The molecule has 5 nitrogen and oxygen atoms in total. The second-order valence-electron chi connectivity index (χ2n) is 5.90. The van der Waals surface area contributed by atoms with Crippen LogP contribution >= 0.6 is 11.6 Å². The minimum Gasteiger partial charge on any atom is -0.508 e. The molecule has 0 aliphatic heterocycles. The third-order valence-corrected chi connectivity index (χ3v) is 3.03. The minimum atomic E-state index is -0.510.